The van der Waals surface area contributed by atoms with Gasteiger partial charge in [0.15, 0.2) is 0 Å². The summed E-state index contributed by atoms with van der Waals surface area (Å²) < 4.78 is 0. The summed E-state index contributed by atoms with van der Waals surface area (Å²) in [5, 5.41) is 7.01. The molecule has 0 saturated carbocycles. The second kappa shape index (κ2) is 2.27. The van der Waals surface area contributed by atoms with Gasteiger partial charge in [-0.1, -0.05) is 6.42 Å². The fraction of sp³-hybridized carbons (Fsp3) is 1.00. The maximum Gasteiger partial charge on any atom is 0.0195 e. The molecule has 2 heteroatoms. The van der Waals surface area contributed by atoms with Crippen molar-refractivity contribution in [2.45, 2.75) is 31.3 Å². The molecule has 9 heavy (non-hydrogen) atoms. The van der Waals surface area contributed by atoms with E-state index < -0.39 is 0 Å². The molecule has 2 bridgehead atoms. The average molecular weight is 126 g/mol. The van der Waals surface area contributed by atoms with Gasteiger partial charge in [0, 0.05) is 25.2 Å². The van der Waals surface area contributed by atoms with E-state index in [-0.39, 0.29) is 0 Å². The summed E-state index contributed by atoms with van der Waals surface area (Å²) in [5.74, 6) is 0. The van der Waals surface area contributed by atoms with Crippen LogP contribution < -0.4 is 10.6 Å². The summed E-state index contributed by atoms with van der Waals surface area (Å²) >= 11 is 0. The van der Waals surface area contributed by atoms with Gasteiger partial charge in [-0.15, -0.1) is 0 Å². The lowest BCUT2D eigenvalue weighted by Gasteiger charge is -2.36. The van der Waals surface area contributed by atoms with Gasteiger partial charge in [0.25, 0.3) is 0 Å². The smallest absolute Gasteiger partial charge is 0.0195 e. The Morgan fingerprint density at radius 3 is 2.22 bits per heavy atom. The quantitative estimate of drug-likeness (QED) is 0.481. The van der Waals surface area contributed by atoms with Gasteiger partial charge in [0.05, 0.1) is 0 Å². The highest BCUT2D eigenvalue weighted by Crippen LogP contribution is 2.14. The van der Waals surface area contributed by atoms with Crippen molar-refractivity contribution >= 4 is 0 Å². The summed E-state index contributed by atoms with van der Waals surface area (Å²) in [6.07, 6.45) is 4.19. The van der Waals surface area contributed by atoms with E-state index >= 15 is 0 Å². The van der Waals surface area contributed by atoms with Crippen LogP contribution in [0.5, 0.6) is 0 Å². The van der Waals surface area contributed by atoms with E-state index in [0.717, 1.165) is 12.1 Å². The lowest BCUT2D eigenvalue weighted by Crippen LogP contribution is -2.57. The van der Waals surface area contributed by atoms with Gasteiger partial charge in [-0.05, 0) is 12.8 Å². The lowest BCUT2D eigenvalue weighted by atomic mass is 9.96. The third kappa shape index (κ3) is 1.10. The molecule has 0 aromatic carbocycles. The number of piperazine rings is 1. The van der Waals surface area contributed by atoms with Gasteiger partial charge >= 0.3 is 0 Å². The fourth-order valence-corrected chi connectivity index (χ4v) is 1.86. The molecule has 2 rings (SSSR count). The van der Waals surface area contributed by atoms with Crippen molar-refractivity contribution in [3.8, 4) is 0 Å². The Bertz CT molecular complexity index is 83.1. The summed E-state index contributed by atoms with van der Waals surface area (Å²) in [6, 6.07) is 1.58. The van der Waals surface area contributed by atoms with Gasteiger partial charge in [-0.3, -0.25) is 0 Å². The van der Waals surface area contributed by atoms with Crippen LogP contribution in [0.3, 0.4) is 0 Å². The zero-order valence-electron chi connectivity index (χ0n) is 5.69. The molecule has 2 heterocycles. The van der Waals surface area contributed by atoms with E-state index in [1.165, 1.54) is 32.4 Å². The predicted octanol–water partition coefficient (Wildman–Crippen LogP) is 0.100. The molecular formula is C7H14N2. The molecule has 0 amide bonds. The van der Waals surface area contributed by atoms with Crippen LogP contribution in [0.4, 0.5) is 0 Å². The second-order valence-electron chi connectivity index (χ2n) is 3.15. The molecule has 0 aromatic heterocycles. The molecule has 2 N–H and O–H groups in total. The summed E-state index contributed by atoms with van der Waals surface area (Å²) in [6.45, 7) is 2.38. The Labute approximate surface area is 56.0 Å². The minimum absolute atomic E-state index is 0.789. The molecule has 2 aliphatic rings. The molecule has 52 valence electrons. The predicted molar refractivity (Wildman–Crippen MR) is 37.4 cm³/mol. The second-order valence-corrected chi connectivity index (χ2v) is 3.15. The largest absolute Gasteiger partial charge is 0.314 e. The number of piperidine rings is 1. The molecule has 0 spiro atoms. The molecule has 2 nitrogen and oxygen atoms in total. The van der Waals surface area contributed by atoms with Gasteiger partial charge in [0.2, 0.25) is 0 Å². The molecule has 0 aromatic rings. The minimum Gasteiger partial charge on any atom is -0.314 e. The molecule has 2 aliphatic heterocycles. The van der Waals surface area contributed by atoms with Crippen LogP contribution in [0.2, 0.25) is 0 Å². The maximum absolute atomic E-state index is 3.59. The van der Waals surface area contributed by atoms with Crippen LogP contribution in [0, 0.1) is 0 Å². The summed E-state index contributed by atoms with van der Waals surface area (Å²) in [7, 11) is 0. The Kier molecular flexibility index (Phi) is 1.44. The standard InChI is InChI=1S/C7H14N2/c1-2-6-4-8-5-7(3-1)9-6/h6-9H,1-5H2/t6-,7?/m0/s1. The zero-order valence-corrected chi connectivity index (χ0v) is 5.69. The van der Waals surface area contributed by atoms with Crippen molar-refractivity contribution < 1.29 is 0 Å². The monoisotopic (exact) mass is 126 g/mol. The highest BCUT2D eigenvalue weighted by atomic mass is 15.1. The van der Waals surface area contributed by atoms with Crippen molar-refractivity contribution in [1.29, 1.82) is 0 Å². The lowest BCUT2D eigenvalue weighted by molar-refractivity contribution is 0.260. The first-order valence-corrected chi connectivity index (χ1v) is 3.92. The van der Waals surface area contributed by atoms with Crippen molar-refractivity contribution in [1.82, 2.24) is 10.6 Å². The molecule has 2 atom stereocenters. The Balaban J connectivity index is 1.96. The highest BCUT2D eigenvalue weighted by molar-refractivity contribution is 4.87. The van der Waals surface area contributed by atoms with Gasteiger partial charge < -0.3 is 10.6 Å². The van der Waals surface area contributed by atoms with E-state index in [1.54, 1.807) is 0 Å². The number of hydrogen-bond acceptors (Lipinski definition) is 2. The van der Waals surface area contributed by atoms with Crippen LogP contribution in [0.15, 0.2) is 0 Å². The molecular weight excluding hydrogens is 112 g/mol. The van der Waals surface area contributed by atoms with Gasteiger partial charge in [0.1, 0.15) is 0 Å². The Hall–Kier alpha value is -0.0800. The molecule has 2 saturated heterocycles. The SMILES string of the molecule is C1CC2CNC[C@H](C1)N2. The third-order valence-electron chi connectivity index (χ3n) is 2.36. The number of rotatable bonds is 0. The number of fused-ring (bicyclic) bond motifs is 2. The van der Waals surface area contributed by atoms with E-state index in [1.807, 2.05) is 0 Å². The first-order chi connectivity index (χ1) is 4.45. The van der Waals surface area contributed by atoms with Crippen molar-refractivity contribution in [2.24, 2.45) is 0 Å². The summed E-state index contributed by atoms with van der Waals surface area (Å²) in [4.78, 5) is 0. The molecule has 0 aliphatic carbocycles. The summed E-state index contributed by atoms with van der Waals surface area (Å²) in [5.41, 5.74) is 0. The fourth-order valence-electron chi connectivity index (χ4n) is 1.86. The van der Waals surface area contributed by atoms with Crippen molar-refractivity contribution in [3.05, 3.63) is 0 Å². The van der Waals surface area contributed by atoms with Gasteiger partial charge in [-0.2, -0.15) is 0 Å². The first kappa shape index (κ1) is 5.69. The van der Waals surface area contributed by atoms with Crippen molar-refractivity contribution in [2.75, 3.05) is 13.1 Å². The van der Waals surface area contributed by atoms with Crippen LogP contribution in [0.1, 0.15) is 19.3 Å². The molecule has 2 fully saturated rings. The topological polar surface area (TPSA) is 24.1 Å². The molecule has 1 unspecified atom stereocenters. The average Bonchev–Trinajstić information content (AvgIpc) is 1.88. The van der Waals surface area contributed by atoms with Gasteiger partial charge in [-0.25, -0.2) is 0 Å². The van der Waals surface area contributed by atoms with E-state index in [2.05, 4.69) is 10.6 Å². The zero-order chi connectivity index (χ0) is 6.10. The Morgan fingerprint density at radius 1 is 1.00 bits per heavy atom. The van der Waals surface area contributed by atoms with Crippen LogP contribution in [-0.4, -0.2) is 25.2 Å². The maximum atomic E-state index is 3.59. The van der Waals surface area contributed by atoms with Crippen LogP contribution in [-0.2, 0) is 0 Å². The van der Waals surface area contributed by atoms with E-state index in [4.69, 9.17) is 0 Å². The van der Waals surface area contributed by atoms with E-state index in [0.29, 0.717) is 0 Å². The number of nitrogens with one attached hydrogen (secondary N) is 2. The minimum atomic E-state index is 0.789. The van der Waals surface area contributed by atoms with E-state index in [9.17, 15) is 0 Å². The molecule has 0 radical (unpaired) electrons. The Morgan fingerprint density at radius 2 is 1.67 bits per heavy atom. The van der Waals surface area contributed by atoms with Crippen LogP contribution >= 0.6 is 0 Å². The van der Waals surface area contributed by atoms with Crippen LogP contribution in [0.25, 0.3) is 0 Å². The highest BCUT2D eigenvalue weighted by Gasteiger charge is 2.23. The third-order valence-corrected chi connectivity index (χ3v) is 2.36. The normalized spacial score (nSPS) is 42.7. The van der Waals surface area contributed by atoms with Crippen molar-refractivity contribution in [3.63, 3.8) is 0 Å². The number of hydrogen-bond donors (Lipinski definition) is 2. The first-order valence-electron chi connectivity index (χ1n) is 3.92.